The van der Waals surface area contributed by atoms with Crippen molar-refractivity contribution in [2.45, 2.75) is 31.5 Å². The maximum absolute atomic E-state index is 5.95. The van der Waals surface area contributed by atoms with Gasteiger partial charge in [0, 0.05) is 0 Å². The molecule has 0 radical (unpaired) electrons. The predicted octanol–water partition coefficient (Wildman–Crippen LogP) is 2.28. The van der Waals surface area contributed by atoms with Crippen LogP contribution in [0, 0.1) is 6.92 Å². The van der Waals surface area contributed by atoms with Crippen LogP contribution in [0.2, 0.25) is 4.82 Å². The molecule has 0 bridgehead atoms. The molecule has 94 valence electrons. The monoisotopic (exact) mass is 300 g/mol. The van der Waals surface area contributed by atoms with Crippen LogP contribution in [0.5, 0.6) is 5.75 Å². The minimum atomic E-state index is 0.467. The Bertz CT molecular complexity index is 401. The van der Waals surface area contributed by atoms with Crippen LogP contribution in [0.4, 0.5) is 0 Å². The Morgan fingerprint density at radius 2 is 2.24 bits per heavy atom. The first-order chi connectivity index (χ1) is 8.13. The first-order valence-corrected chi connectivity index (χ1v) is 7.90. The SMILES string of the molecule is COCC1COc2c(C)ccc(C(C)C)c2[Se]1. The second-order valence-electron chi connectivity index (χ2n) is 4.79. The molecule has 1 unspecified atom stereocenters. The average molecular weight is 299 g/mol. The normalized spacial score (nSPS) is 19.0. The van der Waals surface area contributed by atoms with Crippen molar-refractivity contribution in [3.63, 3.8) is 0 Å². The van der Waals surface area contributed by atoms with Crippen LogP contribution >= 0.6 is 0 Å². The summed E-state index contributed by atoms with van der Waals surface area (Å²) in [7, 11) is 1.77. The third-order valence-corrected chi connectivity index (χ3v) is 5.66. The zero-order valence-electron chi connectivity index (χ0n) is 10.9. The standard InChI is InChI=1S/C14H20O2Se/c1-9(2)12-6-5-10(3)13-14(12)17-11(7-15-4)8-16-13/h5-6,9,11H,7-8H2,1-4H3. The van der Waals surface area contributed by atoms with Crippen LogP contribution < -0.4 is 9.20 Å². The second kappa shape index (κ2) is 5.43. The second-order valence-corrected chi connectivity index (χ2v) is 7.54. The molecule has 0 N–H and O–H groups in total. The van der Waals surface area contributed by atoms with Gasteiger partial charge in [-0.3, -0.25) is 0 Å². The first-order valence-electron chi connectivity index (χ1n) is 6.05. The minimum absolute atomic E-state index is 0.467. The van der Waals surface area contributed by atoms with Crippen LogP contribution in [-0.2, 0) is 4.74 Å². The Balaban J connectivity index is 2.35. The Kier molecular flexibility index (Phi) is 4.13. The van der Waals surface area contributed by atoms with Crippen molar-refractivity contribution in [1.82, 2.24) is 0 Å². The summed E-state index contributed by atoms with van der Waals surface area (Å²) in [5.41, 5.74) is 2.72. The van der Waals surface area contributed by atoms with E-state index < -0.39 is 0 Å². The average Bonchev–Trinajstić information content (AvgIpc) is 2.29. The van der Waals surface area contributed by atoms with E-state index in [1.165, 1.54) is 15.6 Å². The Labute approximate surface area is 110 Å². The molecular formula is C14H20O2Se. The molecule has 1 atom stereocenters. The molecule has 0 spiro atoms. The van der Waals surface area contributed by atoms with Gasteiger partial charge < -0.3 is 0 Å². The summed E-state index contributed by atoms with van der Waals surface area (Å²) in [6.45, 7) is 8.26. The van der Waals surface area contributed by atoms with Gasteiger partial charge in [0.1, 0.15) is 0 Å². The summed E-state index contributed by atoms with van der Waals surface area (Å²) in [6.07, 6.45) is 0. The molecule has 0 aliphatic carbocycles. The van der Waals surface area contributed by atoms with Gasteiger partial charge in [-0.1, -0.05) is 0 Å². The van der Waals surface area contributed by atoms with E-state index in [4.69, 9.17) is 9.47 Å². The number of benzene rings is 1. The first kappa shape index (κ1) is 12.9. The van der Waals surface area contributed by atoms with E-state index in [0.717, 1.165) is 19.0 Å². The third-order valence-electron chi connectivity index (χ3n) is 3.01. The van der Waals surface area contributed by atoms with E-state index in [2.05, 4.69) is 32.9 Å². The number of methoxy groups -OCH3 is 1. The number of rotatable bonds is 3. The molecule has 3 heteroatoms. The fourth-order valence-corrected chi connectivity index (χ4v) is 5.10. The van der Waals surface area contributed by atoms with E-state index in [0.29, 0.717) is 25.7 Å². The number of hydrogen-bond donors (Lipinski definition) is 0. The molecule has 1 aromatic carbocycles. The molecule has 1 heterocycles. The van der Waals surface area contributed by atoms with Gasteiger partial charge in [0.25, 0.3) is 0 Å². The van der Waals surface area contributed by atoms with Gasteiger partial charge in [0.15, 0.2) is 0 Å². The van der Waals surface area contributed by atoms with Gasteiger partial charge in [-0.05, 0) is 0 Å². The molecule has 0 aromatic heterocycles. The van der Waals surface area contributed by atoms with Crippen molar-refractivity contribution in [3.05, 3.63) is 23.3 Å². The summed E-state index contributed by atoms with van der Waals surface area (Å²) in [5, 5.41) is 0. The van der Waals surface area contributed by atoms with Gasteiger partial charge in [0.2, 0.25) is 0 Å². The van der Waals surface area contributed by atoms with Crippen molar-refractivity contribution >= 4 is 19.4 Å². The van der Waals surface area contributed by atoms with Crippen LogP contribution in [0.15, 0.2) is 12.1 Å². The van der Waals surface area contributed by atoms with Gasteiger partial charge in [-0.2, -0.15) is 0 Å². The topological polar surface area (TPSA) is 18.5 Å². The summed E-state index contributed by atoms with van der Waals surface area (Å²) >= 11 is 0.467. The Hall–Kier alpha value is -0.501. The summed E-state index contributed by atoms with van der Waals surface area (Å²) in [4.78, 5) is 0.555. The van der Waals surface area contributed by atoms with Gasteiger partial charge >= 0.3 is 110 Å². The maximum atomic E-state index is 5.95. The van der Waals surface area contributed by atoms with Crippen LogP contribution in [0.25, 0.3) is 0 Å². The molecule has 17 heavy (non-hydrogen) atoms. The third kappa shape index (κ3) is 2.67. The summed E-state index contributed by atoms with van der Waals surface area (Å²) < 4.78 is 12.7. The van der Waals surface area contributed by atoms with E-state index in [-0.39, 0.29) is 0 Å². The molecule has 0 saturated carbocycles. The molecule has 2 nitrogen and oxygen atoms in total. The van der Waals surface area contributed by atoms with Gasteiger partial charge in [-0.15, -0.1) is 0 Å². The number of aryl methyl sites for hydroxylation is 1. The molecule has 0 fully saturated rings. The number of ether oxygens (including phenoxy) is 2. The van der Waals surface area contributed by atoms with Crippen molar-refractivity contribution < 1.29 is 9.47 Å². The fourth-order valence-electron chi connectivity index (χ4n) is 2.08. The Morgan fingerprint density at radius 3 is 2.88 bits per heavy atom. The van der Waals surface area contributed by atoms with Crippen molar-refractivity contribution in [3.8, 4) is 5.75 Å². The van der Waals surface area contributed by atoms with Crippen LogP contribution in [0.3, 0.4) is 0 Å². The van der Waals surface area contributed by atoms with Crippen LogP contribution in [-0.4, -0.2) is 35.3 Å². The Morgan fingerprint density at radius 1 is 1.47 bits per heavy atom. The molecule has 1 aliphatic heterocycles. The molecule has 2 rings (SSSR count). The number of fused-ring (bicyclic) bond motifs is 1. The number of hydrogen-bond acceptors (Lipinski definition) is 2. The molecule has 1 aliphatic rings. The van der Waals surface area contributed by atoms with Crippen molar-refractivity contribution in [2.24, 2.45) is 0 Å². The molecule has 1 aromatic rings. The molecule has 0 amide bonds. The van der Waals surface area contributed by atoms with E-state index in [1.807, 2.05) is 0 Å². The van der Waals surface area contributed by atoms with E-state index in [1.54, 1.807) is 7.11 Å². The van der Waals surface area contributed by atoms with Crippen molar-refractivity contribution in [2.75, 3.05) is 20.3 Å². The van der Waals surface area contributed by atoms with Gasteiger partial charge in [0.05, 0.1) is 0 Å². The predicted molar refractivity (Wildman–Crippen MR) is 71.8 cm³/mol. The van der Waals surface area contributed by atoms with Crippen LogP contribution in [0.1, 0.15) is 30.9 Å². The van der Waals surface area contributed by atoms with E-state index in [9.17, 15) is 0 Å². The zero-order chi connectivity index (χ0) is 12.4. The van der Waals surface area contributed by atoms with Crippen molar-refractivity contribution in [1.29, 1.82) is 0 Å². The quantitative estimate of drug-likeness (QED) is 0.797. The summed E-state index contributed by atoms with van der Waals surface area (Å²) in [5.74, 6) is 1.71. The molecular weight excluding hydrogens is 279 g/mol. The zero-order valence-corrected chi connectivity index (χ0v) is 12.7. The van der Waals surface area contributed by atoms with E-state index >= 15 is 0 Å². The van der Waals surface area contributed by atoms with Gasteiger partial charge in [-0.25, -0.2) is 0 Å². The fraction of sp³-hybridized carbons (Fsp3) is 0.571. The summed E-state index contributed by atoms with van der Waals surface area (Å²) in [6, 6.07) is 4.44. The molecule has 0 saturated heterocycles.